The van der Waals surface area contributed by atoms with Crippen LogP contribution in [0, 0.1) is 12.8 Å². The fourth-order valence-electron chi connectivity index (χ4n) is 3.79. The van der Waals surface area contributed by atoms with Gasteiger partial charge < -0.3 is 10.6 Å². The highest BCUT2D eigenvalue weighted by molar-refractivity contribution is 5.79. The normalized spacial score (nSPS) is 16.3. The second kappa shape index (κ2) is 8.17. The van der Waals surface area contributed by atoms with E-state index in [9.17, 15) is 9.59 Å². The van der Waals surface area contributed by atoms with Crippen LogP contribution in [-0.2, 0) is 9.59 Å². The number of amides is 2. The average molecular weight is 350 g/mol. The van der Waals surface area contributed by atoms with Crippen LogP contribution in [0.4, 0.5) is 0 Å². The van der Waals surface area contributed by atoms with Crippen molar-refractivity contribution in [2.75, 3.05) is 13.1 Å². The monoisotopic (exact) mass is 350 g/mol. The van der Waals surface area contributed by atoms with E-state index in [2.05, 4.69) is 31.2 Å². The van der Waals surface area contributed by atoms with Gasteiger partial charge in [-0.3, -0.25) is 9.59 Å². The van der Waals surface area contributed by atoms with Crippen LogP contribution in [0.2, 0.25) is 0 Å². The average Bonchev–Trinajstić information content (AvgIpc) is 2.67. The van der Waals surface area contributed by atoms with E-state index >= 15 is 0 Å². The van der Waals surface area contributed by atoms with Gasteiger partial charge in [-0.1, -0.05) is 54.6 Å². The Balaban J connectivity index is 1.78. The molecule has 1 atom stereocenters. The van der Waals surface area contributed by atoms with Gasteiger partial charge in [0.25, 0.3) is 0 Å². The molecule has 1 heterocycles. The van der Waals surface area contributed by atoms with Crippen molar-refractivity contribution in [2.24, 2.45) is 11.7 Å². The van der Waals surface area contributed by atoms with Crippen molar-refractivity contribution in [1.82, 2.24) is 4.90 Å². The molecule has 2 amide bonds. The Bertz CT molecular complexity index is 765. The molecular formula is C22H26N2O2. The molecule has 2 aromatic rings. The predicted molar refractivity (Wildman–Crippen MR) is 103 cm³/mol. The fraction of sp³-hybridized carbons (Fsp3) is 0.364. The Kier molecular flexibility index (Phi) is 5.71. The zero-order chi connectivity index (χ0) is 18.5. The van der Waals surface area contributed by atoms with Crippen LogP contribution in [0.3, 0.4) is 0 Å². The number of hydrogen-bond acceptors (Lipinski definition) is 2. The minimum Gasteiger partial charge on any atom is -0.369 e. The third-order valence-corrected chi connectivity index (χ3v) is 5.39. The summed E-state index contributed by atoms with van der Waals surface area (Å²) in [5.74, 6) is -0.164. The van der Waals surface area contributed by atoms with E-state index in [1.54, 1.807) is 0 Å². The number of likely N-dealkylation sites (tertiary alicyclic amines) is 1. The van der Waals surface area contributed by atoms with Gasteiger partial charge in [-0.15, -0.1) is 0 Å². The topological polar surface area (TPSA) is 63.4 Å². The Hall–Kier alpha value is -2.62. The molecule has 1 fully saturated rings. The van der Waals surface area contributed by atoms with Crippen molar-refractivity contribution < 1.29 is 9.59 Å². The van der Waals surface area contributed by atoms with Gasteiger partial charge in [-0.2, -0.15) is 0 Å². The van der Waals surface area contributed by atoms with E-state index < -0.39 is 0 Å². The zero-order valence-electron chi connectivity index (χ0n) is 15.2. The number of carbonyl (C=O) groups is 2. The molecule has 0 aromatic heterocycles. The van der Waals surface area contributed by atoms with Crippen LogP contribution < -0.4 is 5.73 Å². The lowest BCUT2D eigenvalue weighted by atomic mass is 9.85. The SMILES string of the molecule is Cc1ccccc1[C@H](CC(=O)N1CCC(C(N)=O)CC1)c1ccccc1. The van der Waals surface area contributed by atoms with Gasteiger partial charge in [0, 0.05) is 31.3 Å². The summed E-state index contributed by atoms with van der Waals surface area (Å²) >= 11 is 0. The summed E-state index contributed by atoms with van der Waals surface area (Å²) in [5, 5.41) is 0. The molecule has 0 spiro atoms. The predicted octanol–water partition coefficient (Wildman–Crippen LogP) is 3.24. The lowest BCUT2D eigenvalue weighted by molar-refractivity contribution is -0.135. The second-order valence-corrected chi connectivity index (χ2v) is 7.08. The highest BCUT2D eigenvalue weighted by atomic mass is 16.2. The third kappa shape index (κ3) is 4.13. The van der Waals surface area contributed by atoms with Gasteiger partial charge in [0.1, 0.15) is 0 Å². The molecule has 0 aliphatic carbocycles. The van der Waals surface area contributed by atoms with E-state index in [1.807, 2.05) is 35.2 Å². The third-order valence-electron chi connectivity index (χ3n) is 5.39. The van der Waals surface area contributed by atoms with Crippen LogP contribution >= 0.6 is 0 Å². The molecule has 1 saturated heterocycles. The molecule has 2 N–H and O–H groups in total. The highest BCUT2D eigenvalue weighted by Crippen LogP contribution is 2.31. The largest absolute Gasteiger partial charge is 0.369 e. The number of benzene rings is 2. The van der Waals surface area contributed by atoms with Crippen molar-refractivity contribution in [2.45, 2.75) is 32.1 Å². The minimum atomic E-state index is -0.251. The van der Waals surface area contributed by atoms with Crippen molar-refractivity contribution in [3.8, 4) is 0 Å². The number of nitrogens with two attached hydrogens (primary N) is 1. The first-order valence-electron chi connectivity index (χ1n) is 9.24. The zero-order valence-corrected chi connectivity index (χ0v) is 15.2. The second-order valence-electron chi connectivity index (χ2n) is 7.08. The van der Waals surface area contributed by atoms with Crippen LogP contribution in [0.5, 0.6) is 0 Å². The summed E-state index contributed by atoms with van der Waals surface area (Å²) in [4.78, 5) is 26.2. The van der Waals surface area contributed by atoms with Crippen molar-refractivity contribution in [1.29, 1.82) is 0 Å². The highest BCUT2D eigenvalue weighted by Gasteiger charge is 2.28. The maximum Gasteiger partial charge on any atom is 0.223 e. The molecule has 26 heavy (non-hydrogen) atoms. The smallest absolute Gasteiger partial charge is 0.223 e. The van der Waals surface area contributed by atoms with Gasteiger partial charge in [-0.25, -0.2) is 0 Å². The van der Waals surface area contributed by atoms with Gasteiger partial charge in [-0.05, 0) is 36.5 Å². The number of carbonyl (C=O) groups excluding carboxylic acids is 2. The lowest BCUT2D eigenvalue weighted by Gasteiger charge is -2.32. The van der Waals surface area contributed by atoms with Crippen LogP contribution in [-0.4, -0.2) is 29.8 Å². The summed E-state index contributed by atoms with van der Waals surface area (Å²) in [6, 6.07) is 18.5. The van der Waals surface area contributed by atoms with Crippen LogP contribution in [0.25, 0.3) is 0 Å². The van der Waals surface area contributed by atoms with E-state index in [-0.39, 0.29) is 23.7 Å². The molecule has 0 bridgehead atoms. The first kappa shape index (κ1) is 18.2. The van der Waals surface area contributed by atoms with Crippen LogP contribution in [0.1, 0.15) is 41.9 Å². The van der Waals surface area contributed by atoms with E-state index in [1.165, 1.54) is 11.1 Å². The van der Waals surface area contributed by atoms with E-state index in [0.29, 0.717) is 32.4 Å². The van der Waals surface area contributed by atoms with Crippen molar-refractivity contribution in [3.05, 3.63) is 71.3 Å². The Morgan fingerprint density at radius 2 is 1.65 bits per heavy atom. The van der Waals surface area contributed by atoms with E-state index in [0.717, 1.165) is 5.56 Å². The van der Waals surface area contributed by atoms with Gasteiger partial charge in [0.05, 0.1) is 0 Å². The van der Waals surface area contributed by atoms with Crippen LogP contribution in [0.15, 0.2) is 54.6 Å². The molecule has 0 unspecified atom stereocenters. The molecule has 4 nitrogen and oxygen atoms in total. The number of aryl methyl sites for hydroxylation is 1. The summed E-state index contributed by atoms with van der Waals surface area (Å²) in [6.45, 7) is 3.32. The Morgan fingerprint density at radius 1 is 1.04 bits per heavy atom. The molecule has 1 aliphatic heterocycles. The maximum absolute atomic E-state index is 13.0. The number of hydrogen-bond donors (Lipinski definition) is 1. The van der Waals surface area contributed by atoms with E-state index in [4.69, 9.17) is 5.73 Å². The van der Waals surface area contributed by atoms with Crippen molar-refractivity contribution >= 4 is 11.8 Å². The summed E-state index contributed by atoms with van der Waals surface area (Å²) < 4.78 is 0. The van der Waals surface area contributed by atoms with Gasteiger partial charge >= 0.3 is 0 Å². The molecule has 0 saturated carbocycles. The Labute approximate surface area is 155 Å². The number of rotatable bonds is 5. The summed E-state index contributed by atoms with van der Waals surface area (Å²) in [5.41, 5.74) is 8.94. The first-order valence-corrected chi connectivity index (χ1v) is 9.24. The van der Waals surface area contributed by atoms with Crippen molar-refractivity contribution in [3.63, 3.8) is 0 Å². The Morgan fingerprint density at radius 3 is 2.27 bits per heavy atom. The number of piperidine rings is 1. The number of nitrogens with zero attached hydrogens (tertiary/aromatic N) is 1. The quantitative estimate of drug-likeness (QED) is 0.900. The lowest BCUT2D eigenvalue weighted by Crippen LogP contribution is -2.42. The molecule has 136 valence electrons. The first-order chi connectivity index (χ1) is 12.6. The molecular weight excluding hydrogens is 324 g/mol. The molecule has 4 heteroatoms. The standard InChI is InChI=1S/C22H26N2O2/c1-16-7-5-6-10-19(16)20(17-8-3-2-4-9-17)15-21(25)24-13-11-18(12-14-24)22(23)26/h2-10,18,20H,11-15H2,1H3,(H2,23,26)/t20-/m1/s1. The minimum absolute atomic E-state index is 0.0405. The summed E-state index contributed by atoms with van der Waals surface area (Å²) in [7, 11) is 0. The molecule has 3 rings (SSSR count). The maximum atomic E-state index is 13.0. The van der Waals surface area contributed by atoms with Gasteiger partial charge in [0.2, 0.25) is 11.8 Å². The molecule has 1 aliphatic rings. The molecule has 2 aromatic carbocycles. The molecule has 0 radical (unpaired) electrons. The summed E-state index contributed by atoms with van der Waals surface area (Å²) in [6.07, 6.45) is 1.78. The number of primary amides is 1. The van der Waals surface area contributed by atoms with Gasteiger partial charge in [0.15, 0.2) is 0 Å². The fourth-order valence-corrected chi connectivity index (χ4v) is 3.79.